The molecule has 2 aromatic heterocycles. The quantitative estimate of drug-likeness (QED) is 0.297. The highest BCUT2D eigenvalue weighted by molar-refractivity contribution is 7.99. The summed E-state index contributed by atoms with van der Waals surface area (Å²) < 4.78 is 6.94. The minimum Gasteiger partial charge on any atom is -0.495 e. The van der Waals surface area contributed by atoms with Gasteiger partial charge >= 0.3 is 0 Å². The van der Waals surface area contributed by atoms with Crippen LogP contribution < -0.4 is 15.6 Å². The van der Waals surface area contributed by atoms with Gasteiger partial charge in [0.05, 0.1) is 35.0 Å². The van der Waals surface area contributed by atoms with E-state index >= 15 is 0 Å². The maximum atomic E-state index is 13.5. The monoisotopic (exact) mass is 496 g/mol. The zero-order chi connectivity index (χ0) is 23.5. The number of benzene rings is 2. The maximum Gasteiger partial charge on any atom is 0.266 e. The zero-order valence-corrected chi connectivity index (χ0v) is 20.0. The van der Waals surface area contributed by atoms with Gasteiger partial charge in [0.1, 0.15) is 16.8 Å². The number of amides is 1. The fourth-order valence-corrected chi connectivity index (χ4v) is 4.94. The number of nitrogens with zero attached hydrogens (tertiary/aromatic N) is 3. The number of hydrogen-bond acceptors (Lipinski definition) is 7. The van der Waals surface area contributed by atoms with Crippen LogP contribution in [-0.2, 0) is 4.79 Å². The molecular formula is C23H17ClN4O3S2. The van der Waals surface area contributed by atoms with Crippen molar-refractivity contribution < 1.29 is 9.53 Å². The second kappa shape index (κ2) is 9.67. The predicted octanol–water partition coefficient (Wildman–Crippen LogP) is 5.02. The van der Waals surface area contributed by atoms with Crippen LogP contribution in [0.1, 0.15) is 11.1 Å². The van der Waals surface area contributed by atoms with E-state index < -0.39 is 0 Å². The largest absolute Gasteiger partial charge is 0.495 e. The molecule has 0 fully saturated rings. The average Bonchev–Trinajstić information content (AvgIpc) is 3.24. The Morgan fingerprint density at radius 3 is 2.88 bits per heavy atom. The molecule has 7 nitrogen and oxygen atoms in total. The lowest BCUT2D eigenvalue weighted by atomic mass is 10.2. The highest BCUT2D eigenvalue weighted by Gasteiger charge is 2.18. The van der Waals surface area contributed by atoms with E-state index in [4.69, 9.17) is 21.6 Å². The Morgan fingerprint density at radius 2 is 2.12 bits per heavy atom. The lowest BCUT2D eigenvalue weighted by Crippen LogP contribution is -2.23. The van der Waals surface area contributed by atoms with Crippen LogP contribution in [0.5, 0.6) is 5.75 Å². The van der Waals surface area contributed by atoms with Gasteiger partial charge in [-0.3, -0.25) is 14.2 Å². The molecular weight excluding hydrogens is 480 g/mol. The van der Waals surface area contributed by atoms with Gasteiger partial charge in [0, 0.05) is 5.02 Å². The molecule has 0 saturated carbocycles. The second-order valence-electron chi connectivity index (χ2n) is 6.98. The third-order valence-corrected chi connectivity index (χ3v) is 6.75. The van der Waals surface area contributed by atoms with E-state index in [1.54, 1.807) is 35.7 Å². The van der Waals surface area contributed by atoms with E-state index in [1.165, 1.54) is 23.0 Å². The van der Waals surface area contributed by atoms with E-state index in [9.17, 15) is 9.59 Å². The third-order valence-electron chi connectivity index (χ3n) is 4.75. The minimum absolute atomic E-state index is 0.0184. The number of anilines is 1. The summed E-state index contributed by atoms with van der Waals surface area (Å²) in [6, 6.07) is 14.1. The number of ether oxygens (including phenoxy) is 1. The number of aryl methyl sites for hydroxylation is 1. The number of rotatable bonds is 6. The number of nitriles is 1. The molecule has 0 atom stereocenters. The van der Waals surface area contributed by atoms with E-state index in [0.29, 0.717) is 43.1 Å². The molecule has 33 heavy (non-hydrogen) atoms. The predicted molar refractivity (Wildman–Crippen MR) is 132 cm³/mol. The number of carbonyl (C=O) groups is 1. The van der Waals surface area contributed by atoms with Crippen LogP contribution in [0.15, 0.2) is 57.8 Å². The topological polar surface area (TPSA) is 97.0 Å². The number of thiophene rings is 1. The van der Waals surface area contributed by atoms with Crippen molar-refractivity contribution in [3.63, 3.8) is 0 Å². The highest BCUT2D eigenvalue weighted by Crippen LogP contribution is 2.29. The normalized spacial score (nSPS) is 10.7. The number of hydrogen-bond donors (Lipinski definition) is 1. The van der Waals surface area contributed by atoms with Gasteiger partial charge in [0.25, 0.3) is 5.56 Å². The number of methoxy groups -OCH3 is 1. The summed E-state index contributed by atoms with van der Waals surface area (Å²) in [5.74, 6) is 0.165. The molecule has 0 aliphatic heterocycles. The Kier molecular flexibility index (Phi) is 6.70. The summed E-state index contributed by atoms with van der Waals surface area (Å²) in [4.78, 5) is 30.7. The van der Waals surface area contributed by atoms with E-state index in [0.717, 1.165) is 17.3 Å². The molecule has 0 aliphatic carbocycles. The molecule has 10 heteroatoms. The minimum atomic E-state index is -0.317. The van der Waals surface area contributed by atoms with Crippen LogP contribution >= 0.6 is 34.7 Å². The number of thioether (sulfide) groups is 1. The van der Waals surface area contributed by atoms with Gasteiger partial charge in [0.15, 0.2) is 5.16 Å². The fourth-order valence-electron chi connectivity index (χ4n) is 3.21. The molecule has 0 aliphatic rings. The molecule has 0 unspecified atom stereocenters. The lowest BCUT2D eigenvalue weighted by molar-refractivity contribution is -0.113. The van der Waals surface area contributed by atoms with E-state index in [-0.39, 0.29) is 17.2 Å². The Labute approximate surface area is 202 Å². The van der Waals surface area contributed by atoms with E-state index in [2.05, 4.69) is 10.3 Å². The van der Waals surface area contributed by atoms with Crippen LogP contribution in [0.4, 0.5) is 5.00 Å². The van der Waals surface area contributed by atoms with E-state index in [1.807, 2.05) is 25.1 Å². The van der Waals surface area contributed by atoms with Crippen molar-refractivity contribution >= 4 is 56.5 Å². The molecule has 2 aromatic carbocycles. The number of nitrogens with one attached hydrogen (secondary N) is 1. The Hall–Kier alpha value is -3.32. The van der Waals surface area contributed by atoms with Gasteiger partial charge in [-0.15, -0.1) is 11.3 Å². The summed E-state index contributed by atoms with van der Waals surface area (Å²) in [6.07, 6.45) is 0. The first-order valence-corrected chi connectivity index (χ1v) is 11.9. The Balaban J connectivity index is 1.77. The molecule has 166 valence electrons. The number of fused-ring (bicyclic) bond motifs is 1. The SMILES string of the molecule is COc1ccc(C)cc1-n1c(SCC(=O)Nc2sccc2C#N)nc2cc(Cl)ccc2c1=O. The first-order valence-electron chi connectivity index (χ1n) is 9.69. The van der Waals surface area contributed by atoms with Crippen molar-refractivity contribution in [3.05, 3.63) is 74.3 Å². The summed E-state index contributed by atoms with van der Waals surface area (Å²) in [5.41, 5.74) is 2.00. The second-order valence-corrected chi connectivity index (χ2v) is 9.28. The van der Waals surface area contributed by atoms with Crippen molar-refractivity contribution in [3.8, 4) is 17.5 Å². The Morgan fingerprint density at radius 1 is 1.30 bits per heavy atom. The van der Waals surface area contributed by atoms with Crippen molar-refractivity contribution in [1.82, 2.24) is 9.55 Å². The standard InChI is InChI=1S/C23H17ClN4O3S2/c1-13-3-6-19(31-2)18(9-13)28-22(30)16-5-4-15(24)10-17(16)26-23(28)33-12-20(29)27-21-14(11-25)7-8-32-21/h3-10H,12H2,1-2H3,(H,27,29). The maximum absolute atomic E-state index is 13.5. The van der Waals surface area contributed by atoms with Gasteiger partial charge < -0.3 is 10.1 Å². The lowest BCUT2D eigenvalue weighted by Gasteiger charge is -2.16. The summed E-state index contributed by atoms with van der Waals surface area (Å²) >= 11 is 8.50. The number of halogens is 1. The Bertz CT molecular complexity index is 1470. The van der Waals surface area contributed by atoms with Gasteiger partial charge in [-0.1, -0.05) is 29.4 Å². The smallest absolute Gasteiger partial charge is 0.266 e. The highest BCUT2D eigenvalue weighted by atomic mass is 35.5. The molecule has 0 bridgehead atoms. The van der Waals surface area contributed by atoms with Gasteiger partial charge in [-0.2, -0.15) is 5.26 Å². The summed E-state index contributed by atoms with van der Waals surface area (Å²) in [6.45, 7) is 1.91. The van der Waals surface area contributed by atoms with Crippen LogP contribution in [0, 0.1) is 18.3 Å². The molecule has 4 rings (SSSR count). The van der Waals surface area contributed by atoms with Crippen molar-refractivity contribution in [2.75, 3.05) is 18.2 Å². The number of aromatic nitrogens is 2. The number of carbonyl (C=O) groups excluding carboxylic acids is 1. The third kappa shape index (κ3) is 4.73. The van der Waals surface area contributed by atoms with Crippen LogP contribution in [0.2, 0.25) is 5.02 Å². The molecule has 0 radical (unpaired) electrons. The zero-order valence-electron chi connectivity index (χ0n) is 17.6. The van der Waals surface area contributed by atoms with Crippen LogP contribution in [0.3, 0.4) is 0 Å². The van der Waals surface area contributed by atoms with Crippen molar-refractivity contribution in [1.29, 1.82) is 5.26 Å². The van der Waals surface area contributed by atoms with Gasteiger partial charge in [-0.25, -0.2) is 4.98 Å². The first kappa shape index (κ1) is 22.9. The first-order chi connectivity index (χ1) is 15.9. The van der Waals surface area contributed by atoms with Gasteiger partial charge in [-0.05, 0) is 54.3 Å². The molecule has 0 spiro atoms. The average molecular weight is 497 g/mol. The summed E-state index contributed by atoms with van der Waals surface area (Å²) in [7, 11) is 1.53. The molecule has 1 N–H and O–H groups in total. The molecule has 2 heterocycles. The van der Waals surface area contributed by atoms with Crippen LogP contribution in [0.25, 0.3) is 16.6 Å². The van der Waals surface area contributed by atoms with Crippen molar-refractivity contribution in [2.45, 2.75) is 12.1 Å². The fraction of sp³-hybridized carbons (Fsp3) is 0.130. The summed E-state index contributed by atoms with van der Waals surface area (Å²) in [5, 5.41) is 15.3. The van der Waals surface area contributed by atoms with Gasteiger partial charge in [0.2, 0.25) is 5.91 Å². The van der Waals surface area contributed by atoms with Crippen molar-refractivity contribution in [2.24, 2.45) is 0 Å². The molecule has 4 aromatic rings. The molecule has 1 amide bonds. The van der Waals surface area contributed by atoms with Crippen LogP contribution in [-0.4, -0.2) is 28.3 Å². The molecule has 0 saturated heterocycles.